The summed E-state index contributed by atoms with van der Waals surface area (Å²) >= 11 is 0. The Morgan fingerprint density at radius 1 is 1.10 bits per heavy atom. The number of hydrogen-bond donors (Lipinski definition) is 0. The molecule has 0 atom stereocenters. The molecule has 20 heavy (non-hydrogen) atoms. The summed E-state index contributed by atoms with van der Waals surface area (Å²) in [5, 5.41) is 0. The van der Waals surface area contributed by atoms with Crippen LogP contribution in [0.3, 0.4) is 0 Å². The van der Waals surface area contributed by atoms with Crippen molar-refractivity contribution in [3.05, 3.63) is 23.3 Å². The minimum Gasteiger partial charge on any atom is -0.486 e. The van der Waals surface area contributed by atoms with Crippen LogP contribution in [0.4, 0.5) is 0 Å². The van der Waals surface area contributed by atoms with Gasteiger partial charge in [0.15, 0.2) is 11.5 Å². The second-order valence-electron chi connectivity index (χ2n) is 6.49. The van der Waals surface area contributed by atoms with E-state index in [0.29, 0.717) is 19.8 Å². The summed E-state index contributed by atoms with van der Waals surface area (Å²) < 4.78 is 11.2. The number of ether oxygens (including phenoxy) is 2. The van der Waals surface area contributed by atoms with Gasteiger partial charge in [0.1, 0.15) is 13.2 Å². The third kappa shape index (κ3) is 2.35. The van der Waals surface area contributed by atoms with E-state index in [2.05, 4.69) is 6.07 Å². The summed E-state index contributed by atoms with van der Waals surface area (Å²) in [5.74, 6) is 1.85. The molecule has 1 amide bonds. The molecule has 0 radical (unpaired) electrons. The molecule has 2 heterocycles. The van der Waals surface area contributed by atoms with Crippen LogP contribution in [0, 0.1) is 5.41 Å². The summed E-state index contributed by atoms with van der Waals surface area (Å²) in [4.78, 5) is 14.3. The molecule has 0 spiro atoms. The van der Waals surface area contributed by atoms with Crippen LogP contribution in [-0.2, 0) is 17.8 Å². The number of carbonyl (C=O) groups excluding carboxylic acids is 1. The van der Waals surface area contributed by atoms with Gasteiger partial charge in [-0.2, -0.15) is 0 Å². The van der Waals surface area contributed by atoms with Crippen molar-refractivity contribution in [3.63, 3.8) is 0 Å². The first-order valence-corrected chi connectivity index (χ1v) is 7.16. The van der Waals surface area contributed by atoms with Gasteiger partial charge in [-0.1, -0.05) is 20.8 Å². The van der Waals surface area contributed by atoms with Crippen LogP contribution in [0.25, 0.3) is 0 Å². The molecule has 2 aliphatic rings. The first-order chi connectivity index (χ1) is 9.45. The van der Waals surface area contributed by atoms with Crippen LogP contribution in [0.1, 0.15) is 31.9 Å². The Balaban J connectivity index is 1.86. The second kappa shape index (κ2) is 4.69. The van der Waals surface area contributed by atoms with Crippen molar-refractivity contribution in [1.29, 1.82) is 0 Å². The van der Waals surface area contributed by atoms with Crippen molar-refractivity contribution in [2.24, 2.45) is 5.41 Å². The van der Waals surface area contributed by atoms with Gasteiger partial charge >= 0.3 is 0 Å². The third-order valence-electron chi connectivity index (χ3n) is 3.81. The average molecular weight is 275 g/mol. The lowest BCUT2D eigenvalue weighted by atomic mass is 9.92. The molecule has 0 aliphatic carbocycles. The Hall–Kier alpha value is -1.71. The first kappa shape index (κ1) is 13.3. The van der Waals surface area contributed by atoms with Crippen molar-refractivity contribution < 1.29 is 14.3 Å². The Labute approximate surface area is 119 Å². The Kier molecular flexibility index (Phi) is 3.11. The summed E-state index contributed by atoms with van der Waals surface area (Å²) in [6, 6.07) is 4.11. The molecule has 0 bridgehead atoms. The van der Waals surface area contributed by atoms with Crippen LogP contribution in [0.5, 0.6) is 11.5 Å². The smallest absolute Gasteiger partial charge is 0.228 e. The number of carbonyl (C=O) groups is 1. The molecule has 0 aromatic heterocycles. The van der Waals surface area contributed by atoms with E-state index in [-0.39, 0.29) is 11.3 Å². The van der Waals surface area contributed by atoms with E-state index in [1.165, 1.54) is 11.1 Å². The Bertz CT molecular complexity index is 545. The maximum atomic E-state index is 12.4. The average Bonchev–Trinajstić information content (AvgIpc) is 2.42. The molecule has 4 heteroatoms. The zero-order chi connectivity index (χ0) is 14.3. The van der Waals surface area contributed by atoms with Gasteiger partial charge in [0.2, 0.25) is 5.91 Å². The molecule has 0 saturated heterocycles. The summed E-state index contributed by atoms with van der Waals surface area (Å²) in [6.07, 6.45) is 0.883. The molecule has 2 aliphatic heterocycles. The van der Waals surface area contributed by atoms with Crippen molar-refractivity contribution in [2.45, 2.75) is 33.7 Å². The number of benzene rings is 1. The topological polar surface area (TPSA) is 38.8 Å². The maximum Gasteiger partial charge on any atom is 0.228 e. The minimum absolute atomic E-state index is 0.207. The monoisotopic (exact) mass is 275 g/mol. The van der Waals surface area contributed by atoms with E-state index in [1.807, 2.05) is 31.7 Å². The number of hydrogen-bond acceptors (Lipinski definition) is 3. The number of amides is 1. The second-order valence-corrected chi connectivity index (χ2v) is 6.49. The molecule has 0 N–H and O–H groups in total. The van der Waals surface area contributed by atoms with Crippen molar-refractivity contribution >= 4 is 5.91 Å². The fraction of sp³-hybridized carbons (Fsp3) is 0.562. The van der Waals surface area contributed by atoms with Gasteiger partial charge in [0, 0.05) is 18.5 Å². The zero-order valence-electron chi connectivity index (χ0n) is 12.4. The number of fused-ring (bicyclic) bond motifs is 2. The molecular weight excluding hydrogens is 254 g/mol. The summed E-state index contributed by atoms with van der Waals surface area (Å²) in [6.45, 7) is 8.56. The van der Waals surface area contributed by atoms with Gasteiger partial charge in [0.25, 0.3) is 0 Å². The van der Waals surface area contributed by atoms with E-state index < -0.39 is 0 Å². The zero-order valence-corrected chi connectivity index (χ0v) is 12.4. The number of rotatable bonds is 0. The normalized spacial score (nSPS) is 17.6. The summed E-state index contributed by atoms with van der Waals surface area (Å²) in [7, 11) is 0. The van der Waals surface area contributed by atoms with Gasteiger partial charge in [-0.3, -0.25) is 4.79 Å². The molecule has 0 fully saturated rings. The van der Waals surface area contributed by atoms with E-state index in [9.17, 15) is 4.79 Å². The molecule has 108 valence electrons. The maximum absolute atomic E-state index is 12.4. The highest BCUT2D eigenvalue weighted by molar-refractivity contribution is 5.81. The molecule has 1 aromatic rings. The summed E-state index contributed by atoms with van der Waals surface area (Å²) in [5.41, 5.74) is 2.12. The van der Waals surface area contributed by atoms with Crippen LogP contribution >= 0.6 is 0 Å². The van der Waals surface area contributed by atoms with Gasteiger partial charge in [-0.15, -0.1) is 0 Å². The molecule has 0 unspecified atom stereocenters. The predicted molar refractivity (Wildman–Crippen MR) is 76.0 cm³/mol. The molecule has 1 aromatic carbocycles. The highest BCUT2D eigenvalue weighted by Gasteiger charge is 2.30. The fourth-order valence-electron chi connectivity index (χ4n) is 2.74. The van der Waals surface area contributed by atoms with Crippen LogP contribution in [0.2, 0.25) is 0 Å². The van der Waals surface area contributed by atoms with Crippen LogP contribution in [0.15, 0.2) is 12.1 Å². The highest BCUT2D eigenvalue weighted by Crippen LogP contribution is 2.36. The largest absolute Gasteiger partial charge is 0.486 e. The van der Waals surface area contributed by atoms with Crippen molar-refractivity contribution in [3.8, 4) is 11.5 Å². The van der Waals surface area contributed by atoms with Gasteiger partial charge in [-0.05, 0) is 29.7 Å². The van der Waals surface area contributed by atoms with Crippen LogP contribution < -0.4 is 9.47 Å². The lowest BCUT2D eigenvalue weighted by Crippen LogP contribution is -2.42. The van der Waals surface area contributed by atoms with E-state index >= 15 is 0 Å². The molecule has 0 saturated carbocycles. The SMILES string of the molecule is CC(C)(C)C(=O)N1CCc2cc3c(cc2C1)OCCO3. The first-order valence-electron chi connectivity index (χ1n) is 7.16. The molecule has 3 rings (SSSR count). The predicted octanol–water partition coefficient (Wildman–Crippen LogP) is 2.39. The highest BCUT2D eigenvalue weighted by atomic mass is 16.6. The van der Waals surface area contributed by atoms with Crippen molar-refractivity contribution in [2.75, 3.05) is 19.8 Å². The quantitative estimate of drug-likeness (QED) is 0.729. The minimum atomic E-state index is -0.328. The lowest BCUT2D eigenvalue weighted by molar-refractivity contribution is -0.140. The van der Waals surface area contributed by atoms with E-state index in [4.69, 9.17) is 9.47 Å². The lowest BCUT2D eigenvalue weighted by Gasteiger charge is -2.34. The van der Waals surface area contributed by atoms with E-state index in [0.717, 1.165) is 24.5 Å². The van der Waals surface area contributed by atoms with Crippen LogP contribution in [-0.4, -0.2) is 30.6 Å². The Morgan fingerprint density at radius 2 is 1.70 bits per heavy atom. The molecule has 4 nitrogen and oxygen atoms in total. The van der Waals surface area contributed by atoms with Gasteiger partial charge in [-0.25, -0.2) is 0 Å². The Morgan fingerprint density at radius 3 is 2.30 bits per heavy atom. The van der Waals surface area contributed by atoms with Gasteiger partial charge < -0.3 is 14.4 Å². The van der Waals surface area contributed by atoms with Crippen molar-refractivity contribution in [1.82, 2.24) is 4.90 Å². The van der Waals surface area contributed by atoms with E-state index in [1.54, 1.807) is 0 Å². The number of nitrogens with zero attached hydrogens (tertiary/aromatic N) is 1. The van der Waals surface area contributed by atoms with Gasteiger partial charge in [0.05, 0.1) is 0 Å². The fourth-order valence-corrected chi connectivity index (χ4v) is 2.74. The molecular formula is C16H21NO3. The standard InChI is InChI=1S/C16H21NO3/c1-16(2,3)15(18)17-5-4-11-8-13-14(9-12(11)10-17)20-7-6-19-13/h8-9H,4-7,10H2,1-3H3. The third-order valence-corrected chi connectivity index (χ3v) is 3.81.